The largest absolute Gasteiger partial charge is 0.478 e. The third-order valence-corrected chi connectivity index (χ3v) is 3.69. The Bertz CT molecular complexity index is 501. The van der Waals surface area contributed by atoms with Crippen molar-refractivity contribution in [1.82, 2.24) is 0 Å². The summed E-state index contributed by atoms with van der Waals surface area (Å²) in [5.74, 6) is -2.34. The number of carbonyl (C=O) groups is 1. The molecule has 0 aliphatic heterocycles. The highest BCUT2D eigenvalue weighted by molar-refractivity contribution is 5.88. The lowest BCUT2D eigenvalue weighted by Crippen LogP contribution is -2.30. The van der Waals surface area contributed by atoms with Crippen molar-refractivity contribution in [3.8, 4) is 0 Å². The van der Waals surface area contributed by atoms with Gasteiger partial charge in [0.2, 0.25) is 0 Å². The van der Waals surface area contributed by atoms with Crippen LogP contribution in [-0.4, -0.2) is 23.7 Å². The molecule has 3 rings (SSSR count). The highest BCUT2D eigenvalue weighted by atomic mass is 19.1. The van der Waals surface area contributed by atoms with E-state index in [1.807, 2.05) is 0 Å². The second kappa shape index (κ2) is 4.47. The van der Waals surface area contributed by atoms with E-state index in [1.54, 1.807) is 4.90 Å². The van der Waals surface area contributed by atoms with Gasteiger partial charge < -0.3 is 10.0 Å². The van der Waals surface area contributed by atoms with Crippen LogP contribution in [-0.2, 0) is 0 Å². The Labute approximate surface area is 109 Å². The average Bonchev–Trinajstić information content (AvgIpc) is 3.20. The Hall–Kier alpha value is -1.65. The van der Waals surface area contributed by atoms with E-state index >= 15 is 0 Å². The second-order valence-corrected chi connectivity index (χ2v) is 5.42. The van der Waals surface area contributed by atoms with E-state index in [-0.39, 0.29) is 17.3 Å². The molecule has 0 unspecified atom stereocenters. The number of aromatic carboxylic acids is 1. The van der Waals surface area contributed by atoms with Gasteiger partial charge >= 0.3 is 5.97 Å². The standard InChI is InChI=1S/C14H15F2NO2/c15-11-5-9(14(18)19)6-12(16)13(11)17(10-3-4-10)7-8-1-2-8/h5-6,8,10H,1-4,7H2,(H,18,19). The van der Waals surface area contributed by atoms with Crippen LogP contribution < -0.4 is 4.90 Å². The van der Waals surface area contributed by atoms with Crippen LogP contribution in [0.2, 0.25) is 0 Å². The number of benzene rings is 1. The number of halogens is 2. The lowest BCUT2D eigenvalue weighted by atomic mass is 10.1. The summed E-state index contributed by atoms with van der Waals surface area (Å²) in [6, 6.07) is 2.02. The highest BCUT2D eigenvalue weighted by Gasteiger charge is 2.36. The first-order valence-electron chi connectivity index (χ1n) is 6.55. The van der Waals surface area contributed by atoms with E-state index in [2.05, 4.69) is 0 Å². The number of carboxylic acids is 1. The fraction of sp³-hybridized carbons (Fsp3) is 0.500. The maximum Gasteiger partial charge on any atom is 0.335 e. The van der Waals surface area contributed by atoms with Gasteiger partial charge in [0.1, 0.15) is 17.3 Å². The third kappa shape index (κ3) is 2.55. The molecule has 5 heteroatoms. The summed E-state index contributed by atoms with van der Waals surface area (Å²) < 4.78 is 28.1. The molecule has 0 aromatic heterocycles. The zero-order valence-corrected chi connectivity index (χ0v) is 10.4. The van der Waals surface area contributed by atoms with Crippen molar-refractivity contribution in [3.05, 3.63) is 29.3 Å². The van der Waals surface area contributed by atoms with Gasteiger partial charge in [-0.2, -0.15) is 0 Å². The van der Waals surface area contributed by atoms with Gasteiger partial charge in [-0.15, -0.1) is 0 Å². The molecule has 0 atom stereocenters. The van der Waals surface area contributed by atoms with Crippen LogP contribution in [0, 0.1) is 17.6 Å². The van der Waals surface area contributed by atoms with Crippen LogP contribution >= 0.6 is 0 Å². The topological polar surface area (TPSA) is 40.5 Å². The molecule has 0 saturated heterocycles. The first kappa shape index (κ1) is 12.4. The Morgan fingerprint density at radius 3 is 2.21 bits per heavy atom. The third-order valence-electron chi connectivity index (χ3n) is 3.69. The van der Waals surface area contributed by atoms with Crippen molar-refractivity contribution in [2.24, 2.45) is 5.92 Å². The summed E-state index contributed by atoms with van der Waals surface area (Å²) in [5, 5.41) is 8.79. The van der Waals surface area contributed by atoms with Crippen LogP contribution in [0.15, 0.2) is 12.1 Å². The van der Waals surface area contributed by atoms with Crippen LogP contribution in [0.4, 0.5) is 14.5 Å². The summed E-state index contributed by atoms with van der Waals surface area (Å²) in [5.41, 5.74) is -0.402. The Balaban J connectivity index is 1.94. The summed E-state index contributed by atoms with van der Waals surface area (Å²) in [7, 11) is 0. The van der Waals surface area contributed by atoms with Gasteiger partial charge in [-0.25, -0.2) is 13.6 Å². The van der Waals surface area contributed by atoms with Crippen molar-refractivity contribution in [3.63, 3.8) is 0 Å². The second-order valence-electron chi connectivity index (χ2n) is 5.42. The van der Waals surface area contributed by atoms with Crippen LogP contribution in [0.5, 0.6) is 0 Å². The van der Waals surface area contributed by atoms with E-state index in [9.17, 15) is 13.6 Å². The molecule has 102 valence electrons. The molecule has 2 saturated carbocycles. The fourth-order valence-electron chi connectivity index (χ4n) is 2.35. The lowest BCUT2D eigenvalue weighted by molar-refractivity contribution is 0.0696. The molecule has 2 fully saturated rings. The molecule has 0 spiro atoms. The molecule has 0 radical (unpaired) electrons. The van der Waals surface area contributed by atoms with Crippen molar-refractivity contribution < 1.29 is 18.7 Å². The quantitative estimate of drug-likeness (QED) is 0.891. The Morgan fingerprint density at radius 2 is 1.79 bits per heavy atom. The molecule has 0 bridgehead atoms. The minimum absolute atomic E-state index is 0.0561. The number of carboxylic acid groups (broad SMARTS) is 1. The van der Waals surface area contributed by atoms with E-state index in [1.165, 1.54) is 0 Å². The van der Waals surface area contributed by atoms with Gasteiger partial charge in [0.05, 0.1) is 5.56 Å². The zero-order chi connectivity index (χ0) is 13.6. The van der Waals surface area contributed by atoms with Crippen molar-refractivity contribution in [1.29, 1.82) is 0 Å². The number of rotatable bonds is 5. The van der Waals surface area contributed by atoms with Gasteiger partial charge in [-0.1, -0.05) is 0 Å². The lowest BCUT2D eigenvalue weighted by Gasteiger charge is -2.25. The number of nitrogens with zero attached hydrogens (tertiary/aromatic N) is 1. The molecule has 2 aliphatic carbocycles. The number of hydrogen-bond acceptors (Lipinski definition) is 2. The molecule has 1 N–H and O–H groups in total. The molecule has 1 aromatic rings. The van der Waals surface area contributed by atoms with E-state index in [0.717, 1.165) is 37.8 Å². The Morgan fingerprint density at radius 1 is 1.21 bits per heavy atom. The van der Waals surface area contributed by atoms with E-state index in [0.29, 0.717) is 12.5 Å². The summed E-state index contributed by atoms with van der Waals surface area (Å²) in [4.78, 5) is 12.6. The highest BCUT2D eigenvalue weighted by Crippen LogP contribution is 2.39. The number of anilines is 1. The van der Waals surface area contributed by atoms with Gasteiger partial charge in [0, 0.05) is 12.6 Å². The minimum Gasteiger partial charge on any atom is -0.478 e. The van der Waals surface area contributed by atoms with Crippen LogP contribution in [0.1, 0.15) is 36.0 Å². The van der Waals surface area contributed by atoms with Gasteiger partial charge in [0.15, 0.2) is 0 Å². The summed E-state index contributed by atoms with van der Waals surface area (Å²) in [6.45, 7) is 0.672. The molecule has 1 aromatic carbocycles. The van der Waals surface area contributed by atoms with Gasteiger partial charge in [0.25, 0.3) is 0 Å². The van der Waals surface area contributed by atoms with Gasteiger partial charge in [-0.3, -0.25) is 0 Å². The zero-order valence-electron chi connectivity index (χ0n) is 10.4. The first-order valence-corrected chi connectivity index (χ1v) is 6.55. The monoisotopic (exact) mass is 267 g/mol. The molecule has 0 heterocycles. The SMILES string of the molecule is O=C(O)c1cc(F)c(N(CC2CC2)C2CC2)c(F)c1. The molecule has 19 heavy (non-hydrogen) atoms. The smallest absolute Gasteiger partial charge is 0.335 e. The predicted molar refractivity (Wildman–Crippen MR) is 66.4 cm³/mol. The van der Waals surface area contributed by atoms with Crippen molar-refractivity contribution >= 4 is 11.7 Å². The molecular formula is C14H15F2NO2. The fourth-order valence-corrected chi connectivity index (χ4v) is 2.35. The number of hydrogen-bond donors (Lipinski definition) is 1. The van der Waals surface area contributed by atoms with E-state index < -0.39 is 17.6 Å². The molecular weight excluding hydrogens is 252 g/mol. The normalized spacial score (nSPS) is 18.4. The molecule has 2 aliphatic rings. The van der Waals surface area contributed by atoms with Crippen molar-refractivity contribution in [2.75, 3.05) is 11.4 Å². The minimum atomic E-state index is -1.32. The maximum atomic E-state index is 14.0. The summed E-state index contributed by atoms with van der Waals surface area (Å²) in [6.07, 6.45) is 4.12. The predicted octanol–water partition coefficient (Wildman–Crippen LogP) is 3.04. The molecule has 0 amide bonds. The van der Waals surface area contributed by atoms with Crippen LogP contribution in [0.3, 0.4) is 0 Å². The van der Waals surface area contributed by atoms with E-state index in [4.69, 9.17) is 5.11 Å². The average molecular weight is 267 g/mol. The summed E-state index contributed by atoms with van der Waals surface area (Å²) >= 11 is 0. The van der Waals surface area contributed by atoms with Crippen molar-refractivity contribution in [2.45, 2.75) is 31.7 Å². The first-order chi connectivity index (χ1) is 9.06. The van der Waals surface area contributed by atoms with Gasteiger partial charge in [-0.05, 0) is 43.7 Å². The Kier molecular flexibility index (Phi) is 2.92. The maximum absolute atomic E-state index is 14.0. The van der Waals surface area contributed by atoms with Crippen LogP contribution in [0.25, 0.3) is 0 Å². The molecule has 3 nitrogen and oxygen atoms in total.